The monoisotopic (exact) mass is 361 g/mol. The molecule has 0 amide bonds. The molecule has 1 aliphatic carbocycles. The number of nitrogens with one attached hydrogen (secondary N) is 1. The Hall–Kier alpha value is -0.660. The van der Waals surface area contributed by atoms with E-state index in [1.54, 1.807) is 16.6 Å². The lowest BCUT2D eigenvalue weighted by Gasteiger charge is -2.22. The second-order valence-corrected chi connectivity index (χ2v) is 7.65. The molecule has 0 radical (unpaired) electrons. The van der Waals surface area contributed by atoms with Crippen molar-refractivity contribution in [3.05, 3.63) is 16.7 Å². The molecule has 1 aromatic heterocycles. The maximum atomic E-state index is 12.9. The fourth-order valence-electron chi connectivity index (χ4n) is 2.13. The van der Waals surface area contributed by atoms with Gasteiger partial charge in [0.05, 0.1) is 0 Å². The summed E-state index contributed by atoms with van der Waals surface area (Å²) in [6.45, 7) is 5.11. The minimum absolute atomic E-state index is 0.161. The predicted molar refractivity (Wildman–Crippen MR) is 83.3 cm³/mol. The molecule has 0 bridgehead atoms. The summed E-state index contributed by atoms with van der Waals surface area (Å²) < 4.78 is 28.0. The van der Waals surface area contributed by atoms with E-state index in [-0.39, 0.29) is 10.9 Å². The van der Waals surface area contributed by atoms with Crippen LogP contribution in [-0.2, 0) is 10.0 Å². The Morgan fingerprint density at radius 1 is 1.45 bits per heavy atom. The zero-order chi connectivity index (χ0) is 14.8. The van der Waals surface area contributed by atoms with Gasteiger partial charge in [0.25, 0.3) is 0 Å². The van der Waals surface area contributed by atoms with Crippen molar-refractivity contribution in [1.82, 2.24) is 9.29 Å². The summed E-state index contributed by atoms with van der Waals surface area (Å²) in [5.74, 6) is 0.428. The van der Waals surface area contributed by atoms with Crippen LogP contribution in [0.4, 0.5) is 5.82 Å². The van der Waals surface area contributed by atoms with Crippen LogP contribution < -0.4 is 5.32 Å². The SMILES string of the molecule is CCCN(C1CC1)S(=O)(=O)c1cc(Br)cnc1NCC. The number of rotatable bonds is 7. The number of nitrogens with zero attached hydrogens (tertiary/aromatic N) is 2. The molecular weight excluding hydrogens is 342 g/mol. The van der Waals surface area contributed by atoms with Crippen LogP contribution in [0, 0.1) is 0 Å². The third-order valence-corrected chi connectivity index (χ3v) is 5.55. The third kappa shape index (κ3) is 3.32. The number of hydrogen-bond donors (Lipinski definition) is 1. The number of anilines is 1. The van der Waals surface area contributed by atoms with Crippen molar-refractivity contribution < 1.29 is 8.42 Å². The van der Waals surface area contributed by atoms with Gasteiger partial charge in [-0.3, -0.25) is 0 Å². The van der Waals surface area contributed by atoms with Gasteiger partial charge < -0.3 is 5.32 Å². The van der Waals surface area contributed by atoms with Crippen LogP contribution in [0.15, 0.2) is 21.6 Å². The van der Waals surface area contributed by atoms with Gasteiger partial charge in [0.2, 0.25) is 10.0 Å². The first-order chi connectivity index (χ1) is 9.50. The van der Waals surface area contributed by atoms with Gasteiger partial charge in [-0.1, -0.05) is 6.92 Å². The summed E-state index contributed by atoms with van der Waals surface area (Å²) in [7, 11) is -3.50. The average molecular weight is 362 g/mol. The molecule has 2 rings (SSSR count). The van der Waals surface area contributed by atoms with Crippen molar-refractivity contribution in [2.75, 3.05) is 18.4 Å². The zero-order valence-electron chi connectivity index (χ0n) is 11.8. The first-order valence-electron chi connectivity index (χ1n) is 6.92. The Morgan fingerprint density at radius 3 is 2.70 bits per heavy atom. The van der Waals surface area contributed by atoms with Gasteiger partial charge in [-0.2, -0.15) is 4.31 Å². The highest BCUT2D eigenvalue weighted by Crippen LogP contribution is 2.34. The Labute approximate surface area is 129 Å². The maximum Gasteiger partial charge on any atom is 0.247 e. The van der Waals surface area contributed by atoms with Crippen molar-refractivity contribution in [3.63, 3.8) is 0 Å². The van der Waals surface area contributed by atoms with E-state index in [1.165, 1.54) is 0 Å². The predicted octanol–water partition coefficient (Wildman–Crippen LogP) is 2.84. The minimum Gasteiger partial charge on any atom is -0.369 e. The molecular formula is C13H20BrN3O2S. The molecule has 0 aromatic carbocycles. The molecule has 0 aliphatic heterocycles. The third-order valence-electron chi connectivity index (χ3n) is 3.15. The van der Waals surface area contributed by atoms with Crippen LogP contribution in [0.1, 0.15) is 33.1 Å². The number of hydrogen-bond acceptors (Lipinski definition) is 4. The number of aromatic nitrogens is 1. The lowest BCUT2D eigenvalue weighted by molar-refractivity contribution is 0.403. The van der Waals surface area contributed by atoms with E-state index in [9.17, 15) is 8.42 Å². The Morgan fingerprint density at radius 2 is 2.15 bits per heavy atom. The molecule has 0 spiro atoms. The number of sulfonamides is 1. The highest BCUT2D eigenvalue weighted by molar-refractivity contribution is 9.10. The highest BCUT2D eigenvalue weighted by atomic mass is 79.9. The summed E-state index contributed by atoms with van der Waals surface area (Å²) in [5, 5.41) is 3.03. The summed E-state index contributed by atoms with van der Waals surface area (Å²) in [5.41, 5.74) is 0. The van der Waals surface area contributed by atoms with Crippen molar-refractivity contribution in [2.24, 2.45) is 0 Å². The minimum atomic E-state index is -3.50. The molecule has 1 saturated carbocycles. The molecule has 0 atom stereocenters. The van der Waals surface area contributed by atoms with E-state index in [2.05, 4.69) is 26.2 Å². The molecule has 1 fully saturated rings. The van der Waals surface area contributed by atoms with E-state index in [0.29, 0.717) is 23.4 Å². The summed E-state index contributed by atoms with van der Waals surface area (Å²) in [4.78, 5) is 4.45. The highest BCUT2D eigenvalue weighted by Gasteiger charge is 2.38. The van der Waals surface area contributed by atoms with Crippen LogP contribution in [0.5, 0.6) is 0 Å². The first-order valence-corrected chi connectivity index (χ1v) is 9.15. The van der Waals surface area contributed by atoms with E-state index in [4.69, 9.17) is 0 Å². The second kappa shape index (κ2) is 6.41. The van der Waals surface area contributed by atoms with Crippen LogP contribution in [0.3, 0.4) is 0 Å². The summed E-state index contributed by atoms with van der Waals surface area (Å²) >= 11 is 3.31. The molecule has 1 N–H and O–H groups in total. The van der Waals surface area contributed by atoms with Crippen LogP contribution in [0.25, 0.3) is 0 Å². The molecule has 0 unspecified atom stereocenters. The van der Waals surface area contributed by atoms with Gasteiger partial charge in [0.1, 0.15) is 10.7 Å². The van der Waals surface area contributed by atoms with Crippen LogP contribution >= 0.6 is 15.9 Å². The number of pyridine rings is 1. The maximum absolute atomic E-state index is 12.9. The standard InChI is InChI=1S/C13H20BrN3O2S/c1-3-7-17(11-5-6-11)20(18,19)12-8-10(14)9-16-13(12)15-4-2/h8-9,11H,3-7H2,1-2H3,(H,15,16). The van der Waals surface area contributed by atoms with E-state index >= 15 is 0 Å². The zero-order valence-corrected chi connectivity index (χ0v) is 14.2. The van der Waals surface area contributed by atoms with E-state index in [0.717, 1.165) is 19.3 Å². The fourth-order valence-corrected chi connectivity index (χ4v) is 4.53. The van der Waals surface area contributed by atoms with Crippen molar-refractivity contribution in [1.29, 1.82) is 0 Å². The Kier molecular flexibility index (Phi) is 5.04. The Balaban J connectivity index is 2.43. The largest absolute Gasteiger partial charge is 0.369 e. The molecule has 1 aromatic rings. The van der Waals surface area contributed by atoms with Gasteiger partial charge in [-0.15, -0.1) is 0 Å². The molecule has 20 heavy (non-hydrogen) atoms. The molecule has 1 aliphatic rings. The van der Waals surface area contributed by atoms with Crippen molar-refractivity contribution in [3.8, 4) is 0 Å². The quantitative estimate of drug-likeness (QED) is 0.810. The fraction of sp³-hybridized carbons (Fsp3) is 0.615. The second-order valence-electron chi connectivity index (χ2n) is 4.88. The lowest BCUT2D eigenvalue weighted by Crippen LogP contribution is -2.34. The molecule has 7 heteroatoms. The molecule has 0 saturated heterocycles. The molecule has 5 nitrogen and oxygen atoms in total. The van der Waals surface area contributed by atoms with Gasteiger partial charge >= 0.3 is 0 Å². The van der Waals surface area contributed by atoms with Gasteiger partial charge in [-0.05, 0) is 48.2 Å². The summed E-state index contributed by atoms with van der Waals surface area (Å²) in [6, 6.07) is 1.79. The van der Waals surface area contributed by atoms with Crippen molar-refractivity contribution >= 4 is 31.8 Å². The van der Waals surface area contributed by atoms with E-state index in [1.807, 2.05) is 13.8 Å². The van der Waals surface area contributed by atoms with Crippen molar-refractivity contribution in [2.45, 2.75) is 44.0 Å². The van der Waals surface area contributed by atoms with Crippen LogP contribution in [0.2, 0.25) is 0 Å². The Bertz CT molecular complexity index is 573. The van der Waals surface area contributed by atoms with Gasteiger partial charge in [0, 0.05) is 29.8 Å². The van der Waals surface area contributed by atoms with E-state index < -0.39 is 10.0 Å². The topological polar surface area (TPSA) is 62.3 Å². The molecule has 1 heterocycles. The lowest BCUT2D eigenvalue weighted by atomic mass is 10.4. The average Bonchev–Trinajstić information content (AvgIpc) is 3.22. The van der Waals surface area contributed by atoms with Gasteiger partial charge in [0.15, 0.2) is 0 Å². The first kappa shape index (κ1) is 15.7. The number of halogens is 1. The molecule has 112 valence electrons. The van der Waals surface area contributed by atoms with Gasteiger partial charge in [-0.25, -0.2) is 13.4 Å². The smallest absolute Gasteiger partial charge is 0.247 e. The normalized spacial score (nSPS) is 15.6. The van der Waals surface area contributed by atoms with Crippen LogP contribution in [-0.4, -0.2) is 36.8 Å². The summed E-state index contributed by atoms with van der Waals surface area (Å²) in [6.07, 6.45) is 4.33.